The van der Waals surface area contributed by atoms with Crippen LogP contribution in [0.4, 0.5) is 0 Å². The molecule has 0 aliphatic rings. The fourth-order valence-electron chi connectivity index (χ4n) is 2.26. The van der Waals surface area contributed by atoms with Crippen molar-refractivity contribution < 1.29 is 17.9 Å². The van der Waals surface area contributed by atoms with Gasteiger partial charge in [0.2, 0.25) is 0 Å². The molecule has 0 saturated carbocycles. The van der Waals surface area contributed by atoms with Crippen molar-refractivity contribution in [2.75, 3.05) is 12.8 Å². The van der Waals surface area contributed by atoms with Crippen molar-refractivity contribution >= 4 is 15.8 Å². The summed E-state index contributed by atoms with van der Waals surface area (Å²) in [7, 11) is -1.76. The molecule has 0 heterocycles. The van der Waals surface area contributed by atoms with E-state index in [0.29, 0.717) is 6.42 Å². The van der Waals surface area contributed by atoms with Crippen LogP contribution in [0.25, 0.3) is 0 Å². The number of carbonyl (C=O) groups excluding carboxylic acids is 1. The first kappa shape index (κ1) is 19.4. The highest BCUT2D eigenvalue weighted by Crippen LogP contribution is 2.17. The van der Waals surface area contributed by atoms with Gasteiger partial charge in [-0.15, -0.1) is 0 Å². The summed E-state index contributed by atoms with van der Waals surface area (Å²) in [6.45, 7) is 9.02. The van der Waals surface area contributed by atoms with Crippen molar-refractivity contribution in [3.63, 3.8) is 0 Å². The molecule has 6 heteroatoms. The molecule has 20 heavy (non-hydrogen) atoms. The van der Waals surface area contributed by atoms with Gasteiger partial charge in [-0.2, -0.15) is 0 Å². The molecule has 0 saturated heterocycles. The van der Waals surface area contributed by atoms with Crippen LogP contribution < -0.4 is 5.32 Å². The molecule has 5 nitrogen and oxygen atoms in total. The minimum atomic E-state index is -3.51. The molecule has 0 bridgehead atoms. The van der Waals surface area contributed by atoms with Gasteiger partial charge in [0.15, 0.2) is 9.84 Å². The average Bonchev–Trinajstić information content (AvgIpc) is 2.24. The van der Waals surface area contributed by atoms with Crippen LogP contribution in [0.5, 0.6) is 0 Å². The highest BCUT2D eigenvalue weighted by atomic mass is 32.2. The quantitative estimate of drug-likeness (QED) is 0.694. The molecule has 120 valence electrons. The van der Waals surface area contributed by atoms with Crippen LogP contribution in [0.2, 0.25) is 0 Å². The highest BCUT2D eigenvalue weighted by molar-refractivity contribution is 7.92. The van der Waals surface area contributed by atoms with E-state index in [1.54, 1.807) is 27.8 Å². The van der Waals surface area contributed by atoms with Crippen LogP contribution in [-0.4, -0.2) is 44.1 Å². The third-order valence-electron chi connectivity index (χ3n) is 3.02. The van der Waals surface area contributed by atoms with Gasteiger partial charge < -0.3 is 10.1 Å². The predicted molar refractivity (Wildman–Crippen MR) is 81.5 cm³/mol. The van der Waals surface area contributed by atoms with Crippen molar-refractivity contribution in [1.82, 2.24) is 5.32 Å². The Bertz CT molecular complexity index is 398. The Hall–Kier alpha value is -0.620. The molecule has 0 aliphatic carbocycles. The van der Waals surface area contributed by atoms with Gasteiger partial charge in [0.25, 0.3) is 0 Å². The lowest BCUT2D eigenvalue weighted by Gasteiger charge is -2.26. The average molecular weight is 307 g/mol. The molecule has 1 N–H and O–H groups in total. The van der Waals surface area contributed by atoms with E-state index in [2.05, 4.69) is 5.32 Å². The van der Waals surface area contributed by atoms with E-state index in [9.17, 15) is 13.2 Å². The highest BCUT2D eigenvalue weighted by Gasteiger charge is 2.33. The Balaban J connectivity index is 4.94. The van der Waals surface area contributed by atoms with E-state index in [-0.39, 0.29) is 6.04 Å². The fourth-order valence-corrected chi connectivity index (χ4v) is 4.14. The van der Waals surface area contributed by atoms with Gasteiger partial charge in [-0.05, 0) is 40.7 Å². The van der Waals surface area contributed by atoms with Gasteiger partial charge in [0, 0.05) is 6.04 Å². The van der Waals surface area contributed by atoms with Gasteiger partial charge >= 0.3 is 5.97 Å². The molecule has 0 aromatic carbocycles. The first-order valence-corrected chi connectivity index (χ1v) is 8.89. The van der Waals surface area contributed by atoms with Crippen molar-refractivity contribution in [3.8, 4) is 0 Å². The second kappa shape index (κ2) is 7.98. The summed E-state index contributed by atoms with van der Waals surface area (Å²) in [4.78, 5) is 11.7. The third kappa shape index (κ3) is 6.70. The summed E-state index contributed by atoms with van der Waals surface area (Å²) in [6, 6.07) is -0.127. The Labute approximate surface area is 123 Å². The summed E-state index contributed by atoms with van der Waals surface area (Å²) < 4.78 is 29.9. The van der Waals surface area contributed by atoms with Crippen LogP contribution in [0.3, 0.4) is 0 Å². The van der Waals surface area contributed by atoms with E-state index >= 15 is 0 Å². The van der Waals surface area contributed by atoms with Crippen LogP contribution in [0, 0.1) is 0 Å². The van der Waals surface area contributed by atoms with Gasteiger partial charge in [-0.25, -0.2) is 8.42 Å². The molecule has 2 unspecified atom stereocenters. The molecule has 0 spiro atoms. The zero-order valence-corrected chi connectivity index (χ0v) is 14.3. The van der Waals surface area contributed by atoms with Gasteiger partial charge in [-0.3, -0.25) is 4.79 Å². The Morgan fingerprint density at radius 3 is 2.15 bits per heavy atom. The maximum absolute atomic E-state index is 12.4. The van der Waals surface area contributed by atoms with Crippen LogP contribution >= 0.6 is 0 Å². The maximum atomic E-state index is 12.4. The second-order valence-corrected chi connectivity index (χ2v) is 8.24. The van der Waals surface area contributed by atoms with Crippen LogP contribution in [0.1, 0.15) is 53.9 Å². The van der Waals surface area contributed by atoms with E-state index in [0.717, 1.165) is 12.8 Å². The topological polar surface area (TPSA) is 72.5 Å². The summed E-state index contributed by atoms with van der Waals surface area (Å²) in [6.07, 6.45) is 2.14. The zero-order valence-electron chi connectivity index (χ0n) is 13.5. The number of carbonyl (C=O) groups is 1. The zero-order chi connectivity index (χ0) is 16.0. The Morgan fingerprint density at radius 1 is 1.25 bits per heavy atom. The first-order valence-electron chi connectivity index (χ1n) is 7.18. The monoisotopic (exact) mass is 307 g/mol. The number of hydrogen-bond donors (Lipinski definition) is 1. The number of ether oxygens (including phenoxy) is 1. The molecule has 0 aliphatic heterocycles. The van der Waals surface area contributed by atoms with E-state index < -0.39 is 32.4 Å². The number of nitrogens with one attached hydrogen (secondary N) is 1. The van der Waals surface area contributed by atoms with Crippen molar-refractivity contribution in [3.05, 3.63) is 0 Å². The molecule has 2 atom stereocenters. The lowest BCUT2D eigenvalue weighted by molar-refractivity contribution is -0.151. The molecule has 0 aromatic heterocycles. The summed E-state index contributed by atoms with van der Waals surface area (Å²) >= 11 is 0. The van der Waals surface area contributed by atoms with Crippen molar-refractivity contribution in [1.29, 1.82) is 0 Å². The maximum Gasteiger partial charge on any atom is 0.321 e. The van der Waals surface area contributed by atoms with Crippen LogP contribution in [0.15, 0.2) is 0 Å². The van der Waals surface area contributed by atoms with Gasteiger partial charge in [-0.1, -0.05) is 20.3 Å². The lowest BCUT2D eigenvalue weighted by Crippen LogP contribution is -2.44. The fraction of sp³-hybridized carbons (Fsp3) is 0.929. The molecule has 0 radical (unpaired) electrons. The van der Waals surface area contributed by atoms with Crippen molar-refractivity contribution in [2.45, 2.75) is 70.8 Å². The second-order valence-electron chi connectivity index (χ2n) is 6.02. The molecular weight excluding hydrogens is 278 g/mol. The molecule has 0 amide bonds. The molecule has 0 fully saturated rings. The third-order valence-corrected chi connectivity index (χ3v) is 5.24. The van der Waals surface area contributed by atoms with Crippen molar-refractivity contribution in [2.24, 2.45) is 0 Å². The van der Waals surface area contributed by atoms with E-state index in [4.69, 9.17) is 4.74 Å². The smallest absolute Gasteiger partial charge is 0.321 e. The summed E-state index contributed by atoms with van der Waals surface area (Å²) in [5.41, 5.74) is -0.667. The van der Waals surface area contributed by atoms with E-state index in [1.165, 1.54) is 0 Å². The number of esters is 1. The minimum absolute atomic E-state index is 0.127. The normalized spacial score (nSPS) is 15.7. The summed E-state index contributed by atoms with van der Waals surface area (Å²) in [5, 5.41) is 2.49. The SMILES string of the molecule is CCCC(NC)C(CC)S(=O)(=O)CC(=O)OC(C)(C)C. The lowest BCUT2D eigenvalue weighted by atomic mass is 10.1. The first-order chi connectivity index (χ1) is 9.07. The van der Waals surface area contributed by atoms with E-state index in [1.807, 2.05) is 13.8 Å². The minimum Gasteiger partial charge on any atom is -0.459 e. The largest absolute Gasteiger partial charge is 0.459 e. The molecule has 0 rings (SSSR count). The standard InChI is InChI=1S/C14H29NO4S/c1-7-9-11(15-6)12(8-2)20(17,18)10-13(16)19-14(3,4)5/h11-12,15H,7-10H2,1-6H3. The van der Waals surface area contributed by atoms with Gasteiger partial charge in [0.1, 0.15) is 11.4 Å². The number of rotatable bonds is 8. The molecule has 0 aromatic rings. The number of hydrogen-bond acceptors (Lipinski definition) is 5. The summed E-state index contributed by atoms with van der Waals surface area (Å²) in [5.74, 6) is -1.23. The number of sulfone groups is 1. The molecular formula is C14H29NO4S. The Kier molecular flexibility index (Phi) is 7.73. The predicted octanol–water partition coefficient (Wildman–Crippen LogP) is 1.91. The Morgan fingerprint density at radius 2 is 1.80 bits per heavy atom. The van der Waals surface area contributed by atoms with Gasteiger partial charge in [0.05, 0.1) is 5.25 Å². The van der Waals surface area contributed by atoms with Crippen LogP contribution in [-0.2, 0) is 19.4 Å².